The van der Waals surface area contributed by atoms with E-state index in [0.717, 1.165) is 0 Å². The number of alkyl halides is 6. The predicted octanol–water partition coefficient (Wildman–Crippen LogP) is 1.87. The van der Waals surface area contributed by atoms with Gasteiger partial charge in [-0.3, -0.25) is 19.2 Å². The van der Waals surface area contributed by atoms with Gasteiger partial charge in [-0.05, 0) is 24.7 Å². The van der Waals surface area contributed by atoms with Crippen LogP contribution >= 0.6 is 0 Å². The van der Waals surface area contributed by atoms with Crippen molar-refractivity contribution in [2.24, 2.45) is 17.3 Å². The lowest BCUT2D eigenvalue weighted by Crippen LogP contribution is -2.62. The van der Waals surface area contributed by atoms with Gasteiger partial charge in [-0.25, -0.2) is 9.69 Å². The highest BCUT2D eigenvalue weighted by molar-refractivity contribution is 6.01. The van der Waals surface area contributed by atoms with Gasteiger partial charge in [-0.15, -0.1) is 0 Å². The number of nitrogens with zero attached hydrogens (tertiary/aromatic N) is 3. The third-order valence-corrected chi connectivity index (χ3v) is 6.65. The monoisotopic (exact) mass is 585 g/mol. The molecule has 0 aliphatic carbocycles. The number of likely N-dealkylation sites (tertiary alicyclic amines) is 1. The summed E-state index contributed by atoms with van der Waals surface area (Å²) in [5, 5.41) is 14.2. The van der Waals surface area contributed by atoms with Crippen LogP contribution in [-0.4, -0.2) is 90.2 Å². The van der Waals surface area contributed by atoms with Gasteiger partial charge >= 0.3 is 24.4 Å². The Kier molecular flexibility index (Phi) is 9.70. The van der Waals surface area contributed by atoms with Gasteiger partial charge in [-0.1, -0.05) is 20.8 Å². The molecule has 40 heavy (non-hydrogen) atoms. The van der Waals surface area contributed by atoms with E-state index in [1.165, 1.54) is 20.8 Å². The number of halogens is 6. The summed E-state index contributed by atoms with van der Waals surface area (Å²) in [6.07, 6.45) is -13.3. The van der Waals surface area contributed by atoms with Crippen molar-refractivity contribution >= 4 is 29.7 Å². The molecule has 0 bridgehead atoms. The van der Waals surface area contributed by atoms with E-state index >= 15 is 0 Å². The maximum absolute atomic E-state index is 13.7. The second-order valence-electron chi connectivity index (χ2n) is 10.6. The summed E-state index contributed by atoms with van der Waals surface area (Å²) in [7, 11) is 0.640. The normalized spacial score (nSPS) is 23.1. The standard InChI is InChI=1S/C23H29F6N5O6/c1-21(2,3)15(34(20(39)40-4)19(38)23(27,28)29)18(37)33-10-12(22(24,25)26)8-14(33)17(36)32-13(9-30)7-11-5-6-31-16(11)35/h11-15H,5-8,10H2,1-4H3,(H,31,35)(H,32,36)/t11-,12+,13-,14-,15+/m0/s1. The van der Waals surface area contributed by atoms with Gasteiger partial charge < -0.3 is 20.3 Å². The SMILES string of the molecule is COC(=O)N(C(=O)C(F)(F)F)[C@H](C(=O)N1C[C@H](C(F)(F)F)C[C@H]1C(=O)N[C@H](C#N)C[C@@H]1CCNC1=O)C(C)(C)C. The Hall–Kier alpha value is -3.58. The Morgan fingerprint density at radius 1 is 1.18 bits per heavy atom. The van der Waals surface area contributed by atoms with Gasteiger partial charge in [0.25, 0.3) is 0 Å². The number of methoxy groups -OCH3 is 1. The summed E-state index contributed by atoms with van der Waals surface area (Å²) in [6.45, 7) is 2.67. The zero-order valence-corrected chi connectivity index (χ0v) is 22.0. The smallest absolute Gasteiger partial charge is 0.452 e. The van der Waals surface area contributed by atoms with Crippen LogP contribution < -0.4 is 10.6 Å². The molecule has 0 unspecified atom stereocenters. The summed E-state index contributed by atoms with van der Waals surface area (Å²) < 4.78 is 85.5. The van der Waals surface area contributed by atoms with Gasteiger partial charge in [0.05, 0.1) is 19.1 Å². The van der Waals surface area contributed by atoms with E-state index in [1.807, 2.05) is 0 Å². The molecule has 2 fully saturated rings. The Balaban J connectivity index is 2.48. The fourth-order valence-electron chi connectivity index (χ4n) is 4.70. The van der Waals surface area contributed by atoms with E-state index in [2.05, 4.69) is 15.4 Å². The van der Waals surface area contributed by atoms with Gasteiger partial charge in [-0.2, -0.15) is 31.6 Å². The summed E-state index contributed by atoms with van der Waals surface area (Å²) in [4.78, 5) is 62.9. The molecule has 2 aliphatic heterocycles. The number of carbonyl (C=O) groups excluding carboxylic acids is 5. The molecule has 0 radical (unpaired) electrons. The summed E-state index contributed by atoms with van der Waals surface area (Å²) in [5.74, 6) is -8.86. The highest BCUT2D eigenvalue weighted by Crippen LogP contribution is 2.39. The average Bonchev–Trinajstić information content (AvgIpc) is 3.46. The van der Waals surface area contributed by atoms with Crippen LogP contribution in [0.5, 0.6) is 0 Å². The molecule has 224 valence electrons. The molecule has 2 saturated heterocycles. The van der Waals surface area contributed by atoms with Gasteiger partial charge in [0.15, 0.2) is 0 Å². The van der Waals surface area contributed by atoms with Crippen LogP contribution in [0.2, 0.25) is 0 Å². The molecular weight excluding hydrogens is 556 g/mol. The molecule has 2 N–H and O–H groups in total. The highest BCUT2D eigenvalue weighted by atomic mass is 19.4. The maximum atomic E-state index is 13.7. The number of amides is 5. The van der Waals surface area contributed by atoms with Crippen LogP contribution in [0.3, 0.4) is 0 Å². The fraction of sp³-hybridized carbons (Fsp3) is 0.739. The average molecular weight is 586 g/mol. The van der Waals surface area contributed by atoms with Crippen LogP contribution in [-0.2, 0) is 23.9 Å². The van der Waals surface area contributed by atoms with Gasteiger partial charge in [0, 0.05) is 19.0 Å². The van der Waals surface area contributed by atoms with Crippen molar-refractivity contribution in [2.45, 2.75) is 70.5 Å². The molecule has 0 saturated carbocycles. The van der Waals surface area contributed by atoms with E-state index in [1.54, 1.807) is 6.07 Å². The summed E-state index contributed by atoms with van der Waals surface area (Å²) in [5.41, 5.74) is -1.67. The third kappa shape index (κ3) is 7.33. The van der Waals surface area contributed by atoms with E-state index < -0.39 is 89.4 Å². The number of nitriles is 1. The van der Waals surface area contributed by atoms with Crippen molar-refractivity contribution in [3.63, 3.8) is 0 Å². The van der Waals surface area contributed by atoms with E-state index in [4.69, 9.17) is 0 Å². The lowest BCUT2D eigenvalue weighted by atomic mass is 9.84. The Labute approximate surface area is 225 Å². The first kappa shape index (κ1) is 32.6. The molecule has 11 nitrogen and oxygen atoms in total. The van der Waals surface area contributed by atoms with E-state index in [0.29, 0.717) is 25.0 Å². The number of carbonyl (C=O) groups is 5. The predicted molar refractivity (Wildman–Crippen MR) is 121 cm³/mol. The number of hydrogen-bond donors (Lipinski definition) is 2. The van der Waals surface area contributed by atoms with Crippen molar-refractivity contribution in [3.8, 4) is 6.07 Å². The van der Waals surface area contributed by atoms with Crippen LogP contribution in [0.4, 0.5) is 31.1 Å². The quantitative estimate of drug-likeness (QED) is 0.452. The highest BCUT2D eigenvalue weighted by Gasteiger charge is 2.57. The molecule has 0 spiro atoms. The van der Waals surface area contributed by atoms with Crippen LogP contribution in [0, 0.1) is 28.6 Å². The first-order valence-corrected chi connectivity index (χ1v) is 12.1. The first-order chi connectivity index (χ1) is 18.2. The molecule has 0 aromatic heterocycles. The molecule has 5 amide bonds. The van der Waals surface area contributed by atoms with Crippen molar-refractivity contribution in [1.82, 2.24) is 20.4 Å². The van der Waals surface area contributed by atoms with Crippen molar-refractivity contribution < 1.29 is 55.1 Å². The second kappa shape index (κ2) is 11.9. The van der Waals surface area contributed by atoms with Crippen LogP contribution in [0.25, 0.3) is 0 Å². The maximum Gasteiger partial charge on any atom is 0.471 e. The number of imide groups is 1. The van der Waals surface area contributed by atoms with E-state index in [-0.39, 0.29) is 12.3 Å². The second-order valence-corrected chi connectivity index (χ2v) is 10.6. The number of nitrogens with one attached hydrogen (secondary N) is 2. The number of ether oxygens (including phenoxy) is 1. The summed E-state index contributed by atoms with van der Waals surface area (Å²) >= 11 is 0. The van der Waals surface area contributed by atoms with Crippen molar-refractivity contribution in [1.29, 1.82) is 5.26 Å². The molecule has 5 atom stereocenters. The van der Waals surface area contributed by atoms with Crippen molar-refractivity contribution in [2.75, 3.05) is 20.2 Å². The molecular formula is C23H29F6N5O6. The van der Waals surface area contributed by atoms with E-state index in [9.17, 15) is 55.6 Å². The minimum Gasteiger partial charge on any atom is -0.452 e. The van der Waals surface area contributed by atoms with Gasteiger partial charge in [0.2, 0.25) is 17.7 Å². The molecule has 0 aromatic rings. The van der Waals surface area contributed by atoms with Crippen LogP contribution in [0.1, 0.15) is 40.0 Å². The Bertz CT molecular complexity index is 1070. The zero-order valence-electron chi connectivity index (χ0n) is 22.0. The summed E-state index contributed by atoms with van der Waals surface area (Å²) in [6, 6.07) is -3.85. The first-order valence-electron chi connectivity index (χ1n) is 12.1. The largest absolute Gasteiger partial charge is 0.471 e. The fourth-order valence-corrected chi connectivity index (χ4v) is 4.70. The molecule has 2 rings (SSSR count). The minimum atomic E-state index is -5.67. The van der Waals surface area contributed by atoms with Crippen molar-refractivity contribution in [3.05, 3.63) is 0 Å². The lowest BCUT2D eigenvalue weighted by molar-refractivity contribution is -0.189. The number of rotatable bonds is 6. The topological polar surface area (TPSA) is 149 Å². The molecule has 2 aliphatic rings. The lowest BCUT2D eigenvalue weighted by Gasteiger charge is -2.40. The number of hydrogen-bond acceptors (Lipinski definition) is 7. The van der Waals surface area contributed by atoms with Gasteiger partial charge in [0.1, 0.15) is 18.1 Å². The molecule has 0 aromatic carbocycles. The Morgan fingerprint density at radius 2 is 1.77 bits per heavy atom. The zero-order chi connectivity index (χ0) is 30.8. The minimum absolute atomic E-state index is 0.168. The molecule has 2 heterocycles. The van der Waals surface area contributed by atoms with Crippen LogP contribution in [0.15, 0.2) is 0 Å². The Morgan fingerprint density at radius 3 is 2.20 bits per heavy atom. The third-order valence-electron chi connectivity index (χ3n) is 6.65. The molecule has 17 heteroatoms.